The number of pyridine rings is 1. The molecule has 0 radical (unpaired) electrons. The summed E-state index contributed by atoms with van der Waals surface area (Å²) in [6, 6.07) is 9.75. The van der Waals surface area contributed by atoms with Gasteiger partial charge in [0.2, 0.25) is 0 Å². The molecule has 0 bridgehead atoms. The van der Waals surface area contributed by atoms with Crippen LogP contribution in [-0.4, -0.2) is 15.8 Å². The predicted octanol–water partition coefficient (Wildman–Crippen LogP) is 2.55. The third-order valence-electron chi connectivity index (χ3n) is 2.51. The average molecular weight is 257 g/mol. The molecular formula is C13H11N3O3. The molecule has 1 aromatic heterocycles. The number of carbonyl (C=O) groups excluding carboxylic acids is 1. The first kappa shape index (κ1) is 12.7. The Morgan fingerprint density at radius 1 is 1.21 bits per heavy atom. The molecule has 0 fully saturated rings. The molecule has 6 heteroatoms. The van der Waals surface area contributed by atoms with Crippen molar-refractivity contribution in [2.45, 2.75) is 6.92 Å². The van der Waals surface area contributed by atoms with Crippen LogP contribution in [0.2, 0.25) is 0 Å². The number of carbonyl (C=O) groups is 1. The second-order valence-electron chi connectivity index (χ2n) is 3.98. The van der Waals surface area contributed by atoms with Gasteiger partial charge in [-0.3, -0.25) is 14.9 Å². The molecule has 0 aliphatic carbocycles. The summed E-state index contributed by atoms with van der Waals surface area (Å²) in [6.45, 7) is 1.93. The van der Waals surface area contributed by atoms with Crippen molar-refractivity contribution in [2.24, 2.45) is 0 Å². The molecule has 1 amide bonds. The molecule has 1 N–H and O–H groups in total. The van der Waals surface area contributed by atoms with Crippen molar-refractivity contribution in [3.63, 3.8) is 0 Å². The fourth-order valence-electron chi connectivity index (χ4n) is 1.46. The quantitative estimate of drug-likeness (QED) is 0.676. The summed E-state index contributed by atoms with van der Waals surface area (Å²) in [5, 5.41) is 13.0. The number of hydrogen-bond donors (Lipinski definition) is 1. The SMILES string of the molecule is Cc1ccc(C(=O)Nc2ccc([N+](=O)[O-])cn2)cc1. The monoisotopic (exact) mass is 257 g/mol. The minimum atomic E-state index is -0.543. The molecule has 6 nitrogen and oxygen atoms in total. The minimum absolute atomic E-state index is 0.117. The third-order valence-corrected chi connectivity index (χ3v) is 2.51. The van der Waals surface area contributed by atoms with Crippen molar-refractivity contribution >= 4 is 17.4 Å². The Hall–Kier alpha value is -2.76. The molecule has 0 aliphatic heterocycles. The molecule has 0 aliphatic rings. The van der Waals surface area contributed by atoms with Crippen LogP contribution in [0.3, 0.4) is 0 Å². The summed E-state index contributed by atoms with van der Waals surface area (Å²) in [7, 11) is 0. The highest BCUT2D eigenvalue weighted by Gasteiger charge is 2.09. The first-order valence-corrected chi connectivity index (χ1v) is 5.55. The van der Waals surface area contributed by atoms with E-state index in [-0.39, 0.29) is 17.4 Å². The van der Waals surface area contributed by atoms with Crippen LogP contribution in [-0.2, 0) is 0 Å². The molecule has 19 heavy (non-hydrogen) atoms. The van der Waals surface area contributed by atoms with Crippen LogP contribution in [0.15, 0.2) is 42.6 Å². The van der Waals surface area contributed by atoms with E-state index < -0.39 is 4.92 Å². The van der Waals surface area contributed by atoms with Gasteiger partial charge in [0.15, 0.2) is 0 Å². The van der Waals surface area contributed by atoms with Gasteiger partial charge < -0.3 is 5.32 Å². The van der Waals surface area contributed by atoms with E-state index in [0.717, 1.165) is 11.8 Å². The fourth-order valence-corrected chi connectivity index (χ4v) is 1.46. The van der Waals surface area contributed by atoms with Crippen molar-refractivity contribution in [1.29, 1.82) is 0 Å². The Kier molecular flexibility index (Phi) is 3.51. The molecule has 1 heterocycles. The maximum Gasteiger partial charge on any atom is 0.287 e. The summed E-state index contributed by atoms with van der Waals surface area (Å²) in [6.07, 6.45) is 1.10. The van der Waals surface area contributed by atoms with Gasteiger partial charge >= 0.3 is 0 Å². The maximum atomic E-state index is 11.9. The number of amides is 1. The number of nitrogens with zero attached hydrogens (tertiary/aromatic N) is 2. The van der Waals surface area contributed by atoms with Crippen molar-refractivity contribution in [3.05, 3.63) is 63.8 Å². The van der Waals surface area contributed by atoms with Gasteiger partial charge in [-0.2, -0.15) is 0 Å². The Balaban J connectivity index is 2.10. The Bertz CT molecular complexity index is 606. The van der Waals surface area contributed by atoms with Crippen LogP contribution in [0, 0.1) is 17.0 Å². The van der Waals surface area contributed by atoms with Gasteiger partial charge in [-0.05, 0) is 25.1 Å². The number of rotatable bonds is 3. The van der Waals surface area contributed by atoms with E-state index in [4.69, 9.17) is 0 Å². The first-order valence-electron chi connectivity index (χ1n) is 5.55. The molecule has 2 rings (SSSR count). The number of aromatic nitrogens is 1. The van der Waals surface area contributed by atoms with Gasteiger partial charge in [0.05, 0.1) is 4.92 Å². The smallest absolute Gasteiger partial charge is 0.287 e. The highest BCUT2D eigenvalue weighted by atomic mass is 16.6. The zero-order chi connectivity index (χ0) is 13.8. The van der Waals surface area contributed by atoms with Gasteiger partial charge in [-0.15, -0.1) is 0 Å². The second-order valence-corrected chi connectivity index (χ2v) is 3.98. The van der Waals surface area contributed by atoms with Crippen LogP contribution in [0.25, 0.3) is 0 Å². The molecule has 0 saturated carbocycles. The lowest BCUT2D eigenvalue weighted by Crippen LogP contribution is -2.12. The summed E-state index contributed by atoms with van der Waals surface area (Å²) in [4.78, 5) is 25.6. The Morgan fingerprint density at radius 2 is 1.89 bits per heavy atom. The third kappa shape index (κ3) is 3.12. The largest absolute Gasteiger partial charge is 0.307 e. The van der Waals surface area contributed by atoms with Gasteiger partial charge in [0.25, 0.3) is 11.6 Å². The predicted molar refractivity (Wildman–Crippen MR) is 70.0 cm³/mol. The molecule has 1 aromatic carbocycles. The maximum absolute atomic E-state index is 11.9. The first-order chi connectivity index (χ1) is 9.06. The molecular weight excluding hydrogens is 246 g/mol. The second kappa shape index (κ2) is 5.26. The van der Waals surface area contributed by atoms with E-state index in [1.165, 1.54) is 12.1 Å². The van der Waals surface area contributed by atoms with E-state index in [1.54, 1.807) is 12.1 Å². The number of nitro groups is 1. The summed E-state index contributed by atoms with van der Waals surface area (Å²) in [5.74, 6) is -0.0301. The molecule has 0 unspecified atom stereocenters. The van der Waals surface area contributed by atoms with Crippen LogP contribution in [0.5, 0.6) is 0 Å². The lowest BCUT2D eigenvalue weighted by atomic mass is 10.1. The topological polar surface area (TPSA) is 85.1 Å². The summed E-state index contributed by atoms with van der Waals surface area (Å²) in [5.41, 5.74) is 1.45. The molecule has 2 aromatic rings. The van der Waals surface area contributed by atoms with Crippen molar-refractivity contribution < 1.29 is 9.72 Å². The standard InChI is InChI=1S/C13H11N3O3/c1-9-2-4-10(5-3-9)13(17)15-12-7-6-11(8-14-12)16(18)19/h2-8H,1H3,(H,14,15,17). The minimum Gasteiger partial charge on any atom is -0.307 e. The molecule has 0 spiro atoms. The van der Waals surface area contributed by atoms with Crippen molar-refractivity contribution in [1.82, 2.24) is 4.98 Å². The highest BCUT2D eigenvalue weighted by molar-refractivity contribution is 6.03. The summed E-state index contributed by atoms with van der Waals surface area (Å²) >= 11 is 0. The normalized spacial score (nSPS) is 9.95. The summed E-state index contributed by atoms with van der Waals surface area (Å²) < 4.78 is 0. The fraction of sp³-hybridized carbons (Fsp3) is 0.0769. The van der Waals surface area contributed by atoms with Gasteiger partial charge in [-0.1, -0.05) is 17.7 Å². The number of benzene rings is 1. The van der Waals surface area contributed by atoms with Crippen LogP contribution in [0.4, 0.5) is 11.5 Å². The number of nitrogens with one attached hydrogen (secondary N) is 1. The molecule has 96 valence electrons. The van der Waals surface area contributed by atoms with Crippen molar-refractivity contribution in [2.75, 3.05) is 5.32 Å². The molecule has 0 saturated heterocycles. The van der Waals surface area contributed by atoms with Gasteiger partial charge in [-0.25, -0.2) is 4.98 Å². The Labute approximate surface area is 109 Å². The Morgan fingerprint density at radius 3 is 2.42 bits per heavy atom. The number of aryl methyl sites for hydroxylation is 1. The molecule has 0 atom stereocenters. The lowest BCUT2D eigenvalue weighted by molar-refractivity contribution is -0.385. The van der Waals surface area contributed by atoms with Gasteiger partial charge in [0.1, 0.15) is 12.0 Å². The van der Waals surface area contributed by atoms with E-state index in [1.807, 2.05) is 19.1 Å². The van der Waals surface area contributed by atoms with E-state index in [0.29, 0.717) is 5.56 Å². The average Bonchev–Trinajstić information content (AvgIpc) is 2.40. The van der Waals surface area contributed by atoms with Crippen LogP contribution in [0.1, 0.15) is 15.9 Å². The van der Waals surface area contributed by atoms with Crippen molar-refractivity contribution in [3.8, 4) is 0 Å². The highest BCUT2D eigenvalue weighted by Crippen LogP contribution is 2.13. The van der Waals surface area contributed by atoms with Gasteiger partial charge in [0, 0.05) is 11.6 Å². The van der Waals surface area contributed by atoms with E-state index in [9.17, 15) is 14.9 Å². The zero-order valence-electron chi connectivity index (χ0n) is 10.2. The number of hydrogen-bond acceptors (Lipinski definition) is 4. The lowest BCUT2D eigenvalue weighted by Gasteiger charge is -2.04. The zero-order valence-corrected chi connectivity index (χ0v) is 10.2. The number of anilines is 1. The van der Waals surface area contributed by atoms with Crippen LogP contribution < -0.4 is 5.32 Å². The van der Waals surface area contributed by atoms with E-state index in [2.05, 4.69) is 10.3 Å². The van der Waals surface area contributed by atoms with E-state index >= 15 is 0 Å². The van der Waals surface area contributed by atoms with Crippen LogP contribution >= 0.6 is 0 Å².